The van der Waals surface area contributed by atoms with Crippen molar-refractivity contribution in [2.75, 3.05) is 0 Å². The molecule has 3 rings (SSSR count). The molecular formula is C27H28Cl2N4O6. The maximum atomic E-state index is 12.8. The lowest BCUT2D eigenvalue weighted by molar-refractivity contribution is -0.384. The molecule has 1 aromatic heterocycles. The van der Waals surface area contributed by atoms with Gasteiger partial charge in [0, 0.05) is 22.7 Å². The topological polar surface area (TPSA) is 136 Å². The molecule has 0 aliphatic heterocycles. The third-order valence-electron chi connectivity index (χ3n) is 5.60. The first-order chi connectivity index (χ1) is 18.4. The van der Waals surface area contributed by atoms with Crippen molar-refractivity contribution in [2.45, 2.75) is 46.3 Å². The molecule has 0 aliphatic carbocycles. The van der Waals surface area contributed by atoms with Crippen molar-refractivity contribution < 1.29 is 23.7 Å². The highest BCUT2D eigenvalue weighted by molar-refractivity contribution is 6.35. The van der Waals surface area contributed by atoms with Crippen LogP contribution in [0.2, 0.25) is 10.0 Å². The molecule has 206 valence electrons. The Balaban J connectivity index is 1.64. The van der Waals surface area contributed by atoms with Gasteiger partial charge in [-0.25, -0.2) is 5.43 Å². The van der Waals surface area contributed by atoms with Gasteiger partial charge in [0.15, 0.2) is 6.10 Å². The first kappa shape index (κ1) is 29.7. The highest BCUT2D eigenvalue weighted by Gasteiger charge is 2.25. The second kappa shape index (κ2) is 13.3. The van der Waals surface area contributed by atoms with E-state index in [-0.39, 0.29) is 22.4 Å². The Morgan fingerprint density at radius 3 is 2.51 bits per heavy atom. The predicted octanol–water partition coefficient (Wildman–Crippen LogP) is 5.92. The minimum absolute atomic E-state index is 0.0521. The number of carbonyl (C=O) groups is 2. The van der Waals surface area contributed by atoms with E-state index in [0.29, 0.717) is 28.5 Å². The third kappa shape index (κ3) is 8.30. The second-order valence-corrected chi connectivity index (χ2v) is 10.1. The molecule has 2 atom stereocenters. The third-order valence-corrected chi connectivity index (χ3v) is 6.13. The van der Waals surface area contributed by atoms with Crippen molar-refractivity contribution in [2.24, 2.45) is 11.0 Å². The number of benzene rings is 2. The quantitative estimate of drug-likeness (QED) is 0.166. The van der Waals surface area contributed by atoms with Crippen LogP contribution in [0.1, 0.15) is 38.5 Å². The van der Waals surface area contributed by atoms with Gasteiger partial charge in [0.2, 0.25) is 0 Å². The Labute approximate surface area is 235 Å². The summed E-state index contributed by atoms with van der Waals surface area (Å²) < 4.78 is 11.4. The molecule has 0 fully saturated rings. The van der Waals surface area contributed by atoms with E-state index in [2.05, 4.69) is 15.8 Å². The smallest absolute Gasteiger partial charge is 0.270 e. The Hall–Kier alpha value is -3.89. The number of ether oxygens (including phenoxy) is 1. The molecule has 1 heterocycles. The molecule has 12 heteroatoms. The fourth-order valence-electron chi connectivity index (χ4n) is 3.60. The summed E-state index contributed by atoms with van der Waals surface area (Å²) in [5.74, 6) is 0.0976. The van der Waals surface area contributed by atoms with Gasteiger partial charge in [-0.2, -0.15) is 5.10 Å². The minimum Gasteiger partial charge on any atom is -0.479 e. The van der Waals surface area contributed by atoms with E-state index in [9.17, 15) is 19.7 Å². The molecule has 2 amide bonds. The van der Waals surface area contributed by atoms with E-state index in [1.807, 2.05) is 20.8 Å². The molecule has 0 saturated heterocycles. The standard InChI is InChI=1S/C27H28Cl2N4O6/c1-15(2)11-23(31-26(34)17(4)38-25-9-6-18(28)12-22(25)29)27(35)32-30-14-20-8-10-24(39-20)21-13-19(33(36)37)7-5-16(21)3/h5-10,12-15,17,23H,11H2,1-4H3,(H,31,34)(H,32,35)/b30-14-/t17-,23+/m1/s1. The van der Waals surface area contributed by atoms with Gasteiger partial charge in [0.1, 0.15) is 23.3 Å². The Morgan fingerprint density at radius 1 is 1.10 bits per heavy atom. The summed E-state index contributed by atoms with van der Waals surface area (Å²) in [6.45, 7) is 7.20. The zero-order valence-electron chi connectivity index (χ0n) is 21.7. The van der Waals surface area contributed by atoms with E-state index in [4.69, 9.17) is 32.4 Å². The number of nitrogens with one attached hydrogen (secondary N) is 2. The second-order valence-electron chi connectivity index (χ2n) is 9.22. The zero-order chi connectivity index (χ0) is 28.7. The molecule has 0 radical (unpaired) electrons. The number of aryl methyl sites for hydroxylation is 1. The molecular weight excluding hydrogens is 547 g/mol. The lowest BCUT2D eigenvalue weighted by Crippen LogP contribution is -2.49. The van der Waals surface area contributed by atoms with Crippen molar-refractivity contribution in [1.82, 2.24) is 10.7 Å². The first-order valence-corrected chi connectivity index (χ1v) is 12.8. The van der Waals surface area contributed by atoms with Gasteiger partial charge < -0.3 is 14.5 Å². The summed E-state index contributed by atoms with van der Waals surface area (Å²) in [5, 5.41) is 18.4. The van der Waals surface area contributed by atoms with E-state index in [0.717, 1.165) is 5.56 Å². The SMILES string of the molecule is Cc1ccc([N+](=O)[O-])cc1-c1ccc(/C=N\NC(=O)[C@H](CC(C)C)NC(=O)[C@@H](C)Oc2ccc(Cl)cc2Cl)o1. The molecule has 0 bridgehead atoms. The van der Waals surface area contributed by atoms with Crippen molar-refractivity contribution in [3.05, 3.63) is 80.0 Å². The average molecular weight is 575 g/mol. The molecule has 2 aromatic carbocycles. The summed E-state index contributed by atoms with van der Waals surface area (Å²) >= 11 is 12.0. The van der Waals surface area contributed by atoms with Gasteiger partial charge in [0.05, 0.1) is 16.2 Å². The number of hydrogen-bond donors (Lipinski definition) is 2. The Morgan fingerprint density at radius 2 is 1.85 bits per heavy atom. The molecule has 0 spiro atoms. The van der Waals surface area contributed by atoms with Crippen LogP contribution in [-0.4, -0.2) is 35.1 Å². The monoisotopic (exact) mass is 574 g/mol. The highest BCUT2D eigenvalue weighted by Crippen LogP contribution is 2.29. The number of nitro groups is 1. The highest BCUT2D eigenvalue weighted by atomic mass is 35.5. The number of nitrogens with zero attached hydrogens (tertiary/aromatic N) is 2. The maximum absolute atomic E-state index is 12.8. The zero-order valence-corrected chi connectivity index (χ0v) is 23.2. The molecule has 0 unspecified atom stereocenters. The molecule has 0 saturated carbocycles. The minimum atomic E-state index is -0.937. The summed E-state index contributed by atoms with van der Waals surface area (Å²) in [6.07, 6.45) is 0.725. The van der Waals surface area contributed by atoms with Crippen LogP contribution in [0.25, 0.3) is 11.3 Å². The van der Waals surface area contributed by atoms with E-state index in [1.165, 1.54) is 24.4 Å². The van der Waals surface area contributed by atoms with Gasteiger partial charge in [0.25, 0.3) is 17.5 Å². The maximum Gasteiger partial charge on any atom is 0.270 e. The number of hydrazone groups is 1. The Bertz CT molecular complexity index is 1390. The number of nitro benzene ring substituents is 1. The summed E-state index contributed by atoms with van der Waals surface area (Å²) in [7, 11) is 0. The van der Waals surface area contributed by atoms with Crippen LogP contribution in [0, 0.1) is 23.0 Å². The van der Waals surface area contributed by atoms with Crippen LogP contribution in [0.5, 0.6) is 5.75 Å². The predicted molar refractivity (Wildman–Crippen MR) is 149 cm³/mol. The molecule has 0 aliphatic rings. The van der Waals surface area contributed by atoms with Crippen molar-refractivity contribution in [3.8, 4) is 17.1 Å². The Kier molecular flexibility index (Phi) is 10.1. The van der Waals surface area contributed by atoms with Gasteiger partial charge in [-0.3, -0.25) is 19.7 Å². The van der Waals surface area contributed by atoms with Gasteiger partial charge in [-0.15, -0.1) is 0 Å². The summed E-state index contributed by atoms with van der Waals surface area (Å²) in [4.78, 5) is 36.2. The van der Waals surface area contributed by atoms with Crippen molar-refractivity contribution in [1.29, 1.82) is 0 Å². The number of halogens is 2. The van der Waals surface area contributed by atoms with E-state index in [1.54, 1.807) is 37.3 Å². The average Bonchev–Trinajstić information content (AvgIpc) is 3.33. The fraction of sp³-hybridized carbons (Fsp3) is 0.296. The summed E-state index contributed by atoms with van der Waals surface area (Å²) in [5.41, 5.74) is 3.74. The van der Waals surface area contributed by atoms with Crippen LogP contribution >= 0.6 is 23.2 Å². The number of carbonyl (C=O) groups excluding carboxylic acids is 2. The van der Waals surface area contributed by atoms with Crippen LogP contribution in [0.3, 0.4) is 0 Å². The number of non-ortho nitro benzene ring substituents is 1. The normalized spacial score (nSPS) is 12.8. The number of amides is 2. The van der Waals surface area contributed by atoms with Gasteiger partial charge >= 0.3 is 0 Å². The summed E-state index contributed by atoms with van der Waals surface area (Å²) in [6, 6.07) is 11.6. The largest absolute Gasteiger partial charge is 0.479 e. The van der Waals surface area contributed by atoms with Crippen molar-refractivity contribution in [3.63, 3.8) is 0 Å². The van der Waals surface area contributed by atoms with Crippen LogP contribution in [0.4, 0.5) is 5.69 Å². The van der Waals surface area contributed by atoms with Crippen molar-refractivity contribution >= 4 is 46.9 Å². The lowest BCUT2D eigenvalue weighted by atomic mass is 10.0. The molecule has 10 nitrogen and oxygen atoms in total. The molecule has 2 N–H and O–H groups in total. The van der Waals surface area contributed by atoms with E-state index < -0.39 is 28.9 Å². The van der Waals surface area contributed by atoms with Crippen LogP contribution in [0.15, 0.2) is 58.0 Å². The first-order valence-electron chi connectivity index (χ1n) is 12.0. The van der Waals surface area contributed by atoms with Crippen LogP contribution in [-0.2, 0) is 9.59 Å². The van der Waals surface area contributed by atoms with E-state index >= 15 is 0 Å². The van der Waals surface area contributed by atoms with Gasteiger partial charge in [-0.05, 0) is 62.1 Å². The molecule has 39 heavy (non-hydrogen) atoms. The number of hydrogen-bond acceptors (Lipinski definition) is 7. The van der Waals surface area contributed by atoms with Gasteiger partial charge in [-0.1, -0.05) is 43.1 Å². The number of furan rings is 1. The van der Waals surface area contributed by atoms with Crippen LogP contribution < -0.4 is 15.5 Å². The number of rotatable bonds is 11. The molecule has 3 aromatic rings. The lowest BCUT2D eigenvalue weighted by Gasteiger charge is -2.22. The fourth-order valence-corrected chi connectivity index (χ4v) is 4.05.